The van der Waals surface area contributed by atoms with Crippen molar-refractivity contribution in [2.24, 2.45) is 4.99 Å². The van der Waals surface area contributed by atoms with E-state index in [0.29, 0.717) is 30.4 Å². The van der Waals surface area contributed by atoms with Crippen LogP contribution in [-0.4, -0.2) is 77.8 Å². The first-order valence-electron chi connectivity index (χ1n) is 10.4. The highest BCUT2D eigenvalue weighted by atomic mass is 32.2. The number of amides is 2. The van der Waals surface area contributed by atoms with Gasteiger partial charge in [-0.1, -0.05) is 19.1 Å². The van der Waals surface area contributed by atoms with Crippen molar-refractivity contribution in [3.05, 3.63) is 35.4 Å². The van der Waals surface area contributed by atoms with Crippen molar-refractivity contribution in [1.29, 1.82) is 0 Å². The molecule has 2 aliphatic rings. The third kappa shape index (κ3) is 5.88. The molecule has 3 rings (SSSR count). The zero-order chi connectivity index (χ0) is 20.6. The van der Waals surface area contributed by atoms with Gasteiger partial charge in [0.1, 0.15) is 0 Å². The molecule has 1 aromatic rings. The maximum absolute atomic E-state index is 12.6. The number of rotatable bonds is 5. The predicted octanol–water partition coefficient (Wildman–Crippen LogP) is 1.55. The fraction of sp³-hybridized carbons (Fsp3) is 0.571. The van der Waals surface area contributed by atoms with Crippen molar-refractivity contribution in [2.75, 3.05) is 45.0 Å². The molecular formula is C21H31N5O2S. The number of carbonyl (C=O) groups is 2. The van der Waals surface area contributed by atoms with Gasteiger partial charge < -0.3 is 20.4 Å². The summed E-state index contributed by atoms with van der Waals surface area (Å²) < 4.78 is 0. The first-order chi connectivity index (χ1) is 14.1. The molecule has 0 radical (unpaired) electrons. The lowest BCUT2D eigenvalue weighted by Gasteiger charge is -2.34. The fourth-order valence-electron chi connectivity index (χ4n) is 3.50. The largest absolute Gasteiger partial charge is 0.357 e. The summed E-state index contributed by atoms with van der Waals surface area (Å²) in [5.74, 6) is 1.90. The van der Waals surface area contributed by atoms with Gasteiger partial charge in [-0.3, -0.25) is 9.59 Å². The van der Waals surface area contributed by atoms with Crippen LogP contribution in [0, 0.1) is 0 Å². The second-order valence-electron chi connectivity index (χ2n) is 7.29. The molecule has 2 fully saturated rings. The molecule has 2 saturated heterocycles. The molecule has 1 aromatic carbocycles. The number of benzene rings is 1. The summed E-state index contributed by atoms with van der Waals surface area (Å²) in [7, 11) is 0. The molecule has 7 nitrogen and oxygen atoms in total. The number of hydrogen-bond donors (Lipinski definition) is 2. The van der Waals surface area contributed by atoms with Gasteiger partial charge in [-0.2, -0.15) is 11.8 Å². The number of hydrogen-bond acceptors (Lipinski definition) is 4. The fourth-order valence-corrected chi connectivity index (χ4v) is 4.68. The summed E-state index contributed by atoms with van der Waals surface area (Å²) in [5, 5.41) is 6.81. The van der Waals surface area contributed by atoms with Gasteiger partial charge in [-0.05, 0) is 31.0 Å². The lowest BCUT2D eigenvalue weighted by atomic mass is 10.1. The summed E-state index contributed by atoms with van der Waals surface area (Å²) >= 11 is 2.05. The minimum atomic E-state index is -0.104. The van der Waals surface area contributed by atoms with Crippen LogP contribution in [0.5, 0.6) is 0 Å². The van der Waals surface area contributed by atoms with E-state index >= 15 is 0 Å². The number of nitrogens with one attached hydrogen (secondary N) is 2. The van der Waals surface area contributed by atoms with Crippen molar-refractivity contribution in [1.82, 2.24) is 20.4 Å². The molecule has 29 heavy (non-hydrogen) atoms. The smallest absolute Gasteiger partial charge is 0.254 e. The summed E-state index contributed by atoms with van der Waals surface area (Å²) in [6, 6.07) is 7.56. The van der Waals surface area contributed by atoms with E-state index in [0.717, 1.165) is 36.9 Å². The van der Waals surface area contributed by atoms with Crippen LogP contribution in [0.1, 0.15) is 36.2 Å². The van der Waals surface area contributed by atoms with Crippen LogP contribution in [0.15, 0.2) is 29.3 Å². The Kier molecular flexibility index (Phi) is 7.80. The first-order valence-corrected chi connectivity index (χ1v) is 11.4. The zero-order valence-electron chi connectivity index (χ0n) is 17.3. The van der Waals surface area contributed by atoms with Crippen LogP contribution in [0.3, 0.4) is 0 Å². The van der Waals surface area contributed by atoms with Gasteiger partial charge in [-0.15, -0.1) is 0 Å². The lowest BCUT2D eigenvalue weighted by Crippen LogP contribution is -2.49. The van der Waals surface area contributed by atoms with Gasteiger partial charge in [0.2, 0.25) is 5.91 Å². The highest BCUT2D eigenvalue weighted by Crippen LogP contribution is 2.21. The van der Waals surface area contributed by atoms with Crippen molar-refractivity contribution < 1.29 is 9.59 Å². The third-order valence-corrected chi connectivity index (χ3v) is 6.54. The minimum Gasteiger partial charge on any atom is -0.357 e. The molecule has 2 N–H and O–H groups in total. The highest BCUT2D eigenvalue weighted by molar-refractivity contribution is 8.00. The van der Waals surface area contributed by atoms with E-state index in [1.807, 2.05) is 36.0 Å². The number of carbonyl (C=O) groups excluding carboxylic acids is 2. The van der Waals surface area contributed by atoms with Crippen LogP contribution >= 0.6 is 11.8 Å². The molecule has 0 spiro atoms. The first kappa shape index (κ1) is 21.5. The molecular weight excluding hydrogens is 386 g/mol. The van der Waals surface area contributed by atoms with Crippen molar-refractivity contribution in [3.63, 3.8) is 0 Å². The van der Waals surface area contributed by atoms with Crippen LogP contribution < -0.4 is 10.6 Å². The van der Waals surface area contributed by atoms with Crippen LogP contribution in [-0.2, 0) is 11.3 Å². The molecule has 8 heteroatoms. The van der Waals surface area contributed by atoms with E-state index in [4.69, 9.17) is 4.99 Å². The Morgan fingerprint density at radius 2 is 2.03 bits per heavy atom. The quantitative estimate of drug-likeness (QED) is 0.562. The zero-order valence-corrected chi connectivity index (χ0v) is 18.1. The van der Waals surface area contributed by atoms with Gasteiger partial charge in [0.15, 0.2) is 5.96 Å². The molecule has 1 atom stereocenters. The number of nitrogens with zero attached hydrogens (tertiary/aromatic N) is 3. The highest BCUT2D eigenvalue weighted by Gasteiger charge is 2.23. The molecule has 0 aromatic heterocycles. The Morgan fingerprint density at radius 1 is 1.24 bits per heavy atom. The SMILES string of the molecule is CCNC(=NCc1ccc(C(=O)N2CCNC(=O)C2)cc1)N1CCSC(CC)C1. The Hall–Kier alpha value is -2.22. The Labute approximate surface area is 177 Å². The van der Waals surface area contributed by atoms with E-state index in [1.165, 1.54) is 6.42 Å². The Balaban J connectivity index is 1.62. The molecule has 2 amide bonds. The standard InChI is InChI=1S/C21H31N5O2S/c1-3-18-14-26(11-12-29-18)21(22-4-2)24-13-16-5-7-17(8-6-16)20(28)25-10-9-23-19(27)15-25/h5-8,18H,3-4,9-15H2,1-2H3,(H,22,24)(H,23,27). The summed E-state index contributed by atoms with van der Waals surface area (Å²) in [6.45, 7) is 8.99. The van der Waals surface area contributed by atoms with Gasteiger partial charge in [0.05, 0.1) is 13.1 Å². The van der Waals surface area contributed by atoms with Gasteiger partial charge in [0.25, 0.3) is 5.91 Å². The molecule has 2 heterocycles. The van der Waals surface area contributed by atoms with E-state index in [9.17, 15) is 9.59 Å². The van der Waals surface area contributed by atoms with Gasteiger partial charge in [-0.25, -0.2) is 4.99 Å². The summed E-state index contributed by atoms with van der Waals surface area (Å²) in [4.78, 5) is 32.8. The number of thioether (sulfide) groups is 1. The van der Waals surface area contributed by atoms with Crippen LogP contribution in [0.4, 0.5) is 0 Å². The normalized spacial score (nSPS) is 20.4. The lowest BCUT2D eigenvalue weighted by molar-refractivity contribution is -0.123. The van der Waals surface area contributed by atoms with Crippen molar-refractivity contribution >= 4 is 29.5 Å². The molecule has 0 bridgehead atoms. The predicted molar refractivity (Wildman–Crippen MR) is 118 cm³/mol. The van der Waals surface area contributed by atoms with E-state index in [1.54, 1.807) is 4.90 Å². The number of guanidine groups is 1. The molecule has 2 aliphatic heterocycles. The second kappa shape index (κ2) is 10.5. The van der Waals surface area contributed by atoms with Gasteiger partial charge in [0, 0.05) is 49.3 Å². The van der Waals surface area contributed by atoms with Crippen molar-refractivity contribution in [3.8, 4) is 0 Å². The Morgan fingerprint density at radius 3 is 2.72 bits per heavy atom. The van der Waals surface area contributed by atoms with Crippen LogP contribution in [0.2, 0.25) is 0 Å². The minimum absolute atomic E-state index is 0.0975. The summed E-state index contributed by atoms with van der Waals surface area (Å²) in [6.07, 6.45) is 1.18. The monoisotopic (exact) mass is 417 g/mol. The molecule has 158 valence electrons. The van der Waals surface area contributed by atoms with Crippen LogP contribution in [0.25, 0.3) is 0 Å². The summed E-state index contributed by atoms with van der Waals surface area (Å²) in [5.41, 5.74) is 1.67. The average molecular weight is 418 g/mol. The molecule has 0 aliphatic carbocycles. The molecule has 1 unspecified atom stereocenters. The topological polar surface area (TPSA) is 77.0 Å². The number of piperazine rings is 1. The van der Waals surface area contributed by atoms with E-state index < -0.39 is 0 Å². The van der Waals surface area contributed by atoms with Crippen molar-refractivity contribution in [2.45, 2.75) is 32.1 Å². The third-order valence-electron chi connectivity index (χ3n) is 5.17. The van der Waals surface area contributed by atoms with E-state index in [-0.39, 0.29) is 18.4 Å². The Bertz CT molecular complexity index is 737. The molecule has 0 saturated carbocycles. The maximum Gasteiger partial charge on any atom is 0.254 e. The van der Waals surface area contributed by atoms with Gasteiger partial charge >= 0.3 is 0 Å². The van der Waals surface area contributed by atoms with E-state index in [2.05, 4.69) is 29.4 Å². The maximum atomic E-state index is 12.6. The average Bonchev–Trinajstić information content (AvgIpc) is 2.76. The second-order valence-corrected chi connectivity index (χ2v) is 8.70. The number of aliphatic imine (C=N–C) groups is 1.